The van der Waals surface area contributed by atoms with Crippen LogP contribution in [0.2, 0.25) is 0 Å². The van der Waals surface area contributed by atoms with Crippen molar-refractivity contribution in [2.24, 2.45) is 11.7 Å². The molecule has 0 bridgehead atoms. The fourth-order valence-electron chi connectivity index (χ4n) is 2.28. The first kappa shape index (κ1) is 15.0. The Bertz CT molecular complexity index is 394. The summed E-state index contributed by atoms with van der Waals surface area (Å²) in [7, 11) is 0. The van der Waals surface area contributed by atoms with Crippen molar-refractivity contribution < 1.29 is 9.32 Å². The van der Waals surface area contributed by atoms with Crippen LogP contribution in [0.3, 0.4) is 0 Å². The summed E-state index contributed by atoms with van der Waals surface area (Å²) in [6, 6.07) is 2.00. The van der Waals surface area contributed by atoms with Gasteiger partial charge in [-0.25, -0.2) is 0 Å². The zero-order valence-corrected chi connectivity index (χ0v) is 11.3. The molecule has 1 fully saturated rings. The highest BCUT2D eigenvalue weighted by molar-refractivity contribution is 5.85. The number of nitrogens with zero attached hydrogens (tertiary/aromatic N) is 1. The summed E-state index contributed by atoms with van der Waals surface area (Å²) >= 11 is 0. The number of halogens is 1. The van der Waals surface area contributed by atoms with Gasteiger partial charge in [-0.15, -0.1) is 12.4 Å². The summed E-state index contributed by atoms with van der Waals surface area (Å²) in [5, 5.41) is 6.65. The van der Waals surface area contributed by atoms with Gasteiger partial charge >= 0.3 is 0 Å². The molecule has 2 atom stereocenters. The fourth-order valence-corrected chi connectivity index (χ4v) is 2.28. The fraction of sp³-hybridized carbons (Fsp3) is 0.667. The topological polar surface area (TPSA) is 81.2 Å². The van der Waals surface area contributed by atoms with Gasteiger partial charge in [-0.2, -0.15) is 0 Å². The van der Waals surface area contributed by atoms with Crippen LogP contribution in [0.15, 0.2) is 10.6 Å². The maximum absolute atomic E-state index is 11.9. The Morgan fingerprint density at radius 1 is 1.61 bits per heavy atom. The van der Waals surface area contributed by atoms with E-state index < -0.39 is 0 Å². The third-order valence-corrected chi connectivity index (χ3v) is 3.20. The van der Waals surface area contributed by atoms with Gasteiger partial charge in [0, 0.05) is 18.0 Å². The number of hydrogen-bond acceptors (Lipinski definition) is 4. The van der Waals surface area contributed by atoms with E-state index >= 15 is 0 Å². The van der Waals surface area contributed by atoms with E-state index in [9.17, 15) is 4.79 Å². The number of aryl methyl sites for hydroxylation is 1. The molecule has 0 spiro atoms. The van der Waals surface area contributed by atoms with Crippen LogP contribution in [0.4, 0.5) is 0 Å². The van der Waals surface area contributed by atoms with Crippen LogP contribution < -0.4 is 11.1 Å². The predicted molar refractivity (Wildman–Crippen MR) is 70.3 cm³/mol. The molecule has 1 amide bonds. The highest BCUT2D eigenvalue weighted by Gasteiger charge is 2.25. The van der Waals surface area contributed by atoms with E-state index in [2.05, 4.69) is 10.5 Å². The zero-order chi connectivity index (χ0) is 12.3. The lowest BCUT2D eigenvalue weighted by Gasteiger charge is -2.25. The molecule has 3 N–H and O–H groups in total. The van der Waals surface area contributed by atoms with Crippen molar-refractivity contribution in [1.29, 1.82) is 0 Å². The Kier molecular flexibility index (Phi) is 5.62. The lowest BCUT2D eigenvalue weighted by atomic mass is 9.85. The zero-order valence-electron chi connectivity index (χ0n) is 10.5. The van der Waals surface area contributed by atoms with E-state index in [1.807, 2.05) is 13.0 Å². The smallest absolute Gasteiger partial charge is 0.223 e. The third kappa shape index (κ3) is 3.99. The lowest BCUT2D eigenvalue weighted by Crippen LogP contribution is -2.37. The Hall–Kier alpha value is -1.07. The Labute approximate surface area is 113 Å². The summed E-state index contributed by atoms with van der Waals surface area (Å²) in [6.07, 6.45) is 3.81. The predicted octanol–water partition coefficient (Wildman–Crippen LogP) is 1.54. The van der Waals surface area contributed by atoms with Gasteiger partial charge in [0.05, 0.1) is 12.2 Å². The van der Waals surface area contributed by atoms with Crippen LogP contribution in [0.25, 0.3) is 0 Å². The normalized spacial score (nSPS) is 23.2. The number of amides is 1. The SMILES string of the molecule is Cc1cc(CNC(=O)C2CCCC(N)C2)on1.Cl. The highest BCUT2D eigenvalue weighted by Crippen LogP contribution is 2.23. The quantitative estimate of drug-likeness (QED) is 0.875. The minimum absolute atomic E-state index is 0. The molecule has 0 aromatic carbocycles. The summed E-state index contributed by atoms with van der Waals surface area (Å²) in [5.74, 6) is 0.827. The molecule has 1 aliphatic carbocycles. The van der Waals surface area contributed by atoms with Crippen LogP contribution in [-0.4, -0.2) is 17.1 Å². The summed E-state index contributed by atoms with van der Waals surface area (Å²) in [5.41, 5.74) is 6.69. The average Bonchev–Trinajstić information content (AvgIpc) is 2.72. The van der Waals surface area contributed by atoms with Gasteiger partial charge in [-0.3, -0.25) is 4.79 Å². The number of hydrogen-bond donors (Lipinski definition) is 2. The molecular weight excluding hydrogens is 254 g/mol. The van der Waals surface area contributed by atoms with Crippen molar-refractivity contribution in [2.75, 3.05) is 0 Å². The summed E-state index contributed by atoms with van der Waals surface area (Å²) in [4.78, 5) is 11.9. The maximum Gasteiger partial charge on any atom is 0.223 e. The minimum atomic E-state index is 0. The molecule has 1 heterocycles. The van der Waals surface area contributed by atoms with Gasteiger partial charge in [0.15, 0.2) is 5.76 Å². The maximum atomic E-state index is 11.9. The molecular formula is C12H20ClN3O2. The number of carbonyl (C=O) groups excluding carboxylic acids is 1. The highest BCUT2D eigenvalue weighted by atomic mass is 35.5. The molecule has 0 saturated heterocycles. The third-order valence-electron chi connectivity index (χ3n) is 3.20. The number of carbonyl (C=O) groups is 1. The van der Waals surface area contributed by atoms with Crippen LogP contribution in [-0.2, 0) is 11.3 Å². The van der Waals surface area contributed by atoms with E-state index in [-0.39, 0.29) is 30.3 Å². The Morgan fingerprint density at radius 2 is 2.39 bits per heavy atom. The van der Waals surface area contributed by atoms with E-state index in [4.69, 9.17) is 10.3 Å². The van der Waals surface area contributed by atoms with Gasteiger partial charge in [-0.1, -0.05) is 11.6 Å². The Morgan fingerprint density at radius 3 is 3.00 bits per heavy atom. The van der Waals surface area contributed by atoms with Crippen LogP contribution in [0, 0.1) is 12.8 Å². The van der Waals surface area contributed by atoms with Crippen molar-refractivity contribution in [1.82, 2.24) is 10.5 Å². The van der Waals surface area contributed by atoms with E-state index in [0.29, 0.717) is 12.3 Å². The van der Waals surface area contributed by atoms with Gasteiger partial charge in [-0.05, 0) is 26.2 Å². The second-order valence-electron chi connectivity index (χ2n) is 4.78. The largest absolute Gasteiger partial charge is 0.359 e. The van der Waals surface area contributed by atoms with Crippen molar-refractivity contribution >= 4 is 18.3 Å². The van der Waals surface area contributed by atoms with Gasteiger partial charge in [0.1, 0.15) is 0 Å². The molecule has 0 radical (unpaired) electrons. The molecule has 0 aliphatic heterocycles. The summed E-state index contributed by atoms with van der Waals surface area (Å²) < 4.78 is 5.03. The molecule has 1 saturated carbocycles. The number of rotatable bonds is 3. The lowest BCUT2D eigenvalue weighted by molar-refractivity contribution is -0.126. The van der Waals surface area contributed by atoms with Gasteiger partial charge in [0.25, 0.3) is 0 Å². The first-order chi connectivity index (χ1) is 8.15. The van der Waals surface area contributed by atoms with Crippen molar-refractivity contribution in [3.05, 3.63) is 17.5 Å². The summed E-state index contributed by atoms with van der Waals surface area (Å²) in [6.45, 7) is 2.26. The molecule has 2 unspecified atom stereocenters. The first-order valence-electron chi connectivity index (χ1n) is 6.10. The molecule has 5 nitrogen and oxygen atoms in total. The van der Waals surface area contributed by atoms with E-state index in [1.54, 1.807) is 0 Å². The van der Waals surface area contributed by atoms with E-state index in [0.717, 1.165) is 31.4 Å². The number of nitrogens with two attached hydrogens (primary N) is 1. The molecule has 1 aromatic heterocycles. The Balaban J connectivity index is 0.00000162. The van der Waals surface area contributed by atoms with Crippen molar-refractivity contribution in [2.45, 2.75) is 45.2 Å². The molecule has 2 rings (SSSR count). The van der Waals surface area contributed by atoms with Crippen molar-refractivity contribution in [3.63, 3.8) is 0 Å². The monoisotopic (exact) mass is 273 g/mol. The van der Waals surface area contributed by atoms with E-state index in [1.165, 1.54) is 0 Å². The standard InChI is InChI=1S/C12H19N3O2.ClH/c1-8-5-11(17-15-8)7-14-12(16)9-3-2-4-10(13)6-9;/h5,9-10H,2-4,6-7,13H2,1H3,(H,14,16);1H. The van der Waals surface area contributed by atoms with Crippen LogP contribution >= 0.6 is 12.4 Å². The van der Waals surface area contributed by atoms with Crippen LogP contribution in [0.1, 0.15) is 37.1 Å². The van der Waals surface area contributed by atoms with Crippen molar-refractivity contribution in [3.8, 4) is 0 Å². The van der Waals surface area contributed by atoms with Crippen LogP contribution in [0.5, 0.6) is 0 Å². The first-order valence-corrected chi connectivity index (χ1v) is 6.10. The number of aromatic nitrogens is 1. The second kappa shape index (κ2) is 6.75. The average molecular weight is 274 g/mol. The molecule has 6 heteroatoms. The molecule has 18 heavy (non-hydrogen) atoms. The second-order valence-corrected chi connectivity index (χ2v) is 4.78. The molecule has 1 aromatic rings. The molecule has 1 aliphatic rings. The van der Waals surface area contributed by atoms with Gasteiger partial charge in [0.2, 0.25) is 5.91 Å². The molecule has 102 valence electrons. The van der Waals surface area contributed by atoms with Gasteiger partial charge < -0.3 is 15.6 Å². The minimum Gasteiger partial charge on any atom is -0.359 e. The number of nitrogens with one attached hydrogen (secondary N) is 1.